The molecule has 0 saturated heterocycles. The smallest absolute Gasteiger partial charge is 0.308 e. The van der Waals surface area contributed by atoms with Crippen LogP contribution in [0.4, 0.5) is 0 Å². The molecule has 0 bridgehead atoms. The molecule has 1 atom stereocenters. The van der Waals surface area contributed by atoms with Crippen LogP contribution in [-0.4, -0.2) is 55.0 Å². The van der Waals surface area contributed by atoms with Crippen molar-refractivity contribution in [3.05, 3.63) is 0 Å². The van der Waals surface area contributed by atoms with Crippen molar-refractivity contribution in [1.29, 1.82) is 0 Å². The number of carboxylic acid groups (broad SMARTS) is 1. The predicted octanol–water partition coefficient (Wildman–Crippen LogP) is -0.355. The molecule has 0 aliphatic heterocycles. The Morgan fingerprint density at radius 1 is 1.26 bits per heavy atom. The summed E-state index contributed by atoms with van der Waals surface area (Å²) in [4.78, 5) is 22.3. The van der Waals surface area contributed by atoms with E-state index in [-0.39, 0.29) is 17.4 Å². The number of esters is 1. The van der Waals surface area contributed by atoms with Gasteiger partial charge in [-0.1, -0.05) is 19.8 Å². The molecule has 1 N–H and O–H groups in total. The van der Waals surface area contributed by atoms with Gasteiger partial charge in [-0.2, -0.15) is 0 Å². The van der Waals surface area contributed by atoms with Gasteiger partial charge < -0.3 is 24.2 Å². The summed E-state index contributed by atoms with van der Waals surface area (Å²) in [5.41, 5.74) is 0. The number of nitrogens with zero attached hydrogens (tertiary/aromatic N) is 1. The lowest BCUT2D eigenvalue weighted by molar-refractivity contribution is -0.880. The molecule has 19 heavy (non-hydrogen) atoms. The Morgan fingerprint density at radius 3 is 2.26 bits per heavy atom. The largest absolute Gasteiger partial charge is 0.550 e. The quantitative estimate of drug-likeness (QED) is 0.269. The number of ether oxygens (including phenoxy) is 1. The first kappa shape index (κ1) is 17.9. The molecular weight excluding hydrogens is 250 g/mol. The average molecular weight is 275 g/mol. The third-order valence-corrected chi connectivity index (χ3v) is 2.43. The van der Waals surface area contributed by atoms with Crippen LogP contribution in [0.3, 0.4) is 0 Å². The molecule has 0 saturated carbocycles. The van der Waals surface area contributed by atoms with Crippen molar-refractivity contribution in [2.45, 2.75) is 44.8 Å². The minimum absolute atomic E-state index is 0.0134. The van der Waals surface area contributed by atoms with Gasteiger partial charge in [0.25, 0.3) is 5.79 Å². The summed E-state index contributed by atoms with van der Waals surface area (Å²) in [6, 6.07) is 0. The lowest BCUT2D eigenvalue weighted by Crippen LogP contribution is -2.54. The van der Waals surface area contributed by atoms with Gasteiger partial charge in [-0.05, 0) is 6.42 Å². The number of aliphatic carboxylic acids is 1. The van der Waals surface area contributed by atoms with Crippen molar-refractivity contribution in [3.63, 3.8) is 0 Å². The molecule has 0 radical (unpaired) electrons. The van der Waals surface area contributed by atoms with Crippen LogP contribution in [0.15, 0.2) is 0 Å². The summed E-state index contributed by atoms with van der Waals surface area (Å²) in [5.74, 6) is -4.04. The maximum absolute atomic E-state index is 11.6. The minimum Gasteiger partial charge on any atom is -0.550 e. The Balaban J connectivity index is 4.58. The van der Waals surface area contributed by atoms with Gasteiger partial charge in [0.05, 0.1) is 27.6 Å². The second-order valence-electron chi connectivity index (χ2n) is 5.87. The lowest BCUT2D eigenvalue weighted by atomic mass is 10.1. The van der Waals surface area contributed by atoms with E-state index in [0.717, 1.165) is 12.8 Å². The van der Waals surface area contributed by atoms with Gasteiger partial charge in [-0.3, -0.25) is 4.79 Å². The number of quaternary nitrogens is 1. The third kappa shape index (κ3) is 9.44. The van der Waals surface area contributed by atoms with Gasteiger partial charge in [0, 0.05) is 12.4 Å². The Morgan fingerprint density at radius 2 is 1.84 bits per heavy atom. The SMILES string of the molecule is CCCCCC(=O)OC(O)(CC(=O)[O-])C[N+](C)(C)C. The Bertz CT molecular complexity index is 311. The fourth-order valence-electron chi connectivity index (χ4n) is 1.87. The molecule has 1 unspecified atom stereocenters. The van der Waals surface area contributed by atoms with Crippen molar-refractivity contribution >= 4 is 11.9 Å². The van der Waals surface area contributed by atoms with Crippen LogP contribution in [0.2, 0.25) is 0 Å². The number of aliphatic hydroxyl groups is 1. The van der Waals surface area contributed by atoms with E-state index in [1.165, 1.54) is 0 Å². The molecule has 0 aromatic carbocycles. The zero-order valence-corrected chi connectivity index (χ0v) is 12.3. The van der Waals surface area contributed by atoms with Gasteiger partial charge in [-0.15, -0.1) is 0 Å². The van der Waals surface area contributed by atoms with Crippen LogP contribution in [0.5, 0.6) is 0 Å². The topological polar surface area (TPSA) is 86.7 Å². The molecule has 0 aromatic rings. The van der Waals surface area contributed by atoms with Crippen molar-refractivity contribution < 1.29 is 29.0 Å². The van der Waals surface area contributed by atoms with Gasteiger partial charge in [0.15, 0.2) is 0 Å². The maximum atomic E-state index is 11.6. The minimum atomic E-state index is -2.01. The zero-order valence-electron chi connectivity index (χ0n) is 12.3. The van der Waals surface area contributed by atoms with Crippen LogP contribution >= 0.6 is 0 Å². The molecule has 6 nitrogen and oxygen atoms in total. The zero-order chi connectivity index (χ0) is 15.1. The van der Waals surface area contributed by atoms with Crippen LogP contribution in [-0.2, 0) is 14.3 Å². The Kier molecular flexibility index (Phi) is 7.00. The molecule has 0 fully saturated rings. The fraction of sp³-hybridized carbons (Fsp3) is 0.846. The van der Waals surface area contributed by atoms with E-state index in [0.29, 0.717) is 6.42 Å². The Hall–Kier alpha value is -1.14. The van der Waals surface area contributed by atoms with Crippen molar-refractivity contribution in [2.75, 3.05) is 27.7 Å². The normalized spacial score (nSPS) is 14.8. The van der Waals surface area contributed by atoms with Crippen LogP contribution in [0, 0.1) is 0 Å². The summed E-state index contributed by atoms with van der Waals surface area (Å²) >= 11 is 0. The molecule has 0 rings (SSSR count). The highest BCUT2D eigenvalue weighted by Crippen LogP contribution is 2.17. The number of likely N-dealkylation sites (N-methyl/N-ethyl adjacent to an activating group) is 1. The molecule has 0 heterocycles. The number of carbonyl (C=O) groups is 2. The van der Waals surface area contributed by atoms with Gasteiger partial charge in [-0.25, -0.2) is 0 Å². The predicted molar refractivity (Wildman–Crippen MR) is 67.7 cm³/mol. The second kappa shape index (κ2) is 7.45. The van der Waals surface area contributed by atoms with Gasteiger partial charge in [0.1, 0.15) is 6.54 Å². The Labute approximate surface area is 114 Å². The van der Waals surface area contributed by atoms with E-state index >= 15 is 0 Å². The summed E-state index contributed by atoms with van der Waals surface area (Å²) in [6.07, 6.45) is 1.99. The molecular formula is C13H25NO5. The molecule has 112 valence electrons. The number of hydrogen-bond acceptors (Lipinski definition) is 5. The fourth-order valence-corrected chi connectivity index (χ4v) is 1.87. The van der Waals surface area contributed by atoms with Crippen LogP contribution in [0.25, 0.3) is 0 Å². The van der Waals surface area contributed by atoms with E-state index < -0.39 is 24.1 Å². The second-order valence-corrected chi connectivity index (χ2v) is 5.87. The average Bonchev–Trinajstić information content (AvgIpc) is 2.11. The first-order valence-corrected chi connectivity index (χ1v) is 6.52. The summed E-state index contributed by atoms with van der Waals surface area (Å²) in [7, 11) is 5.31. The number of carboxylic acids is 1. The van der Waals surface area contributed by atoms with Crippen LogP contribution in [0.1, 0.15) is 39.0 Å². The molecule has 0 aliphatic carbocycles. The van der Waals surface area contributed by atoms with Crippen molar-refractivity contribution in [2.24, 2.45) is 0 Å². The van der Waals surface area contributed by atoms with E-state index in [9.17, 15) is 19.8 Å². The van der Waals surface area contributed by atoms with Gasteiger partial charge in [0.2, 0.25) is 0 Å². The number of unbranched alkanes of at least 4 members (excludes halogenated alkanes) is 2. The summed E-state index contributed by atoms with van der Waals surface area (Å²) in [6.45, 7) is 2.00. The lowest BCUT2D eigenvalue weighted by Gasteiger charge is -2.35. The highest BCUT2D eigenvalue weighted by molar-refractivity contribution is 5.71. The van der Waals surface area contributed by atoms with E-state index in [2.05, 4.69) is 0 Å². The first-order valence-electron chi connectivity index (χ1n) is 6.52. The van der Waals surface area contributed by atoms with E-state index in [1.807, 2.05) is 6.92 Å². The molecule has 0 aliphatic rings. The summed E-state index contributed by atoms with van der Waals surface area (Å²) in [5, 5.41) is 20.8. The number of hydrogen-bond donors (Lipinski definition) is 1. The summed E-state index contributed by atoms with van der Waals surface area (Å²) < 4.78 is 5.22. The molecule has 6 heteroatoms. The first-order chi connectivity index (χ1) is 8.58. The molecule has 0 amide bonds. The van der Waals surface area contributed by atoms with E-state index in [4.69, 9.17) is 4.74 Å². The van der Waals surface area contributed by atoms with E-state index in [1.54, 1.807) is 21.1 Å². The van der Waals surface area contributed by atoms with Crippen LogP contribution < -0.4 is 5.11 Å². The van der Waals surface area contributed by atoms with Crippen molar-refractivity contribution in [3.8, 4) is 0 Å². The van der Waals surface area contributed by atoms with Gasteiger partial charge >= 0.3 is 5.97 Å². The van der Waals surface area contributed by atoms with Crippen molar-refractivity contribution in [1.82, 2.24) is 0 Å². The highest BCUT2D eigenvalue weighted by atomic mass is 16.7. The molecule has 0 aromatic heterocycles. The molecule has 0 spiro atoms. The monoisotopic (exact) mass is 275 g/mol. The standard InChI is InChI=1S/C13H25NO5/c1-5-6-7-8-12(17)19-13(18,9-11(15)16)10-14(2,3)4/h18H,5-10H2,1-4H3. The number of carbonyl (C=O) groups excluding carboxylic acids is 2. The third-order valence-electron chi connectivity index (χ3n) is 2.43. The highest BCUT2D eigenvalue weighted by Gasteiger charge is 2.37. The number of rotatable bonds is 9. The maximum Gasteiger partial charge on any atom is 0.308 e.